The molecule has 1 rings (SSSR count). The predicted octanol–water partition coefficient (Wildman–Crippen LogP) is -3.63. The summed E-state index contributed by atoms with van der Waals surface area (Å²) < 4.78 is 24.2. The molecular formula is C9H17O12P. The Morgan fingerprint density at radius 1 is 1.18 bits per heavy atom. The first-order valence-electron chi connectivity index (χ1n) is 5.95. The molecule has 1 saturated heterocycles. The number of carbonyl (C=O) groups is 1. The molecule has 0 aromatic rings. The van der Waals surface area contributed by atoms with Crippen LogP contribution in [-0.2, 0) is 23.4 Å². The lowest BCUT2D eigenvalue weighted by Gasteiger charge is -2.40. The van der Waals surface area contributed by atoms with Gasteiger partial charge in [-0.2, -0.15) is 0 Å². The summed E-state index contributed by atoms with van der Waals surface area (Å²) >= 11 is 0. The number of rotatable bonds is 7. The SMILES string of the molecule is O=C(O)[C@@H](COP(=O)(O)O)O[C@H]1O[C@H](CO)[C@@H](O)[C@H](O)[C@@H]1O. The second kappa shape index (κ2) is 7.75. The molecule has 7 N–H and O–H groups in total. The summed E-state index contributed by atoms with van der Waals surface area (Å²) in [6, 6.07) is 0. The topological polar surface area (TPSA) is 203 Å². The number of aliphatic carboxylic acids is 1. The van der Waals surface area contributed by atoms with Crippen LogP contribution >= 0.6 is 7.82 Å². The molecule has 1 fully saturated rings. The Morgan fingerprint density at radius 2 is 1.77 bits per heavy atom. The van der Waals surface area contributed by atoms with Crippen molar-refractivity contribution in [1.29, 1.82) is 0 Å². The minimum absolute atomic E-state index is 0.748. The van der Waals surface area contributed by atoms with Crippen molar-refractivity contribution in [2.24, 2.45) is 0 Å². The first-order chi connectivity index (χ1) is 10.1. The number of aliphatic hydroxyl groups is 4. The highest BCUT2D eigenvalue weighted by Crippen LogP contribution is 2.36. The Kier molecular flexibility index (Phi) is 6.83. The highest BCUT2D eigenvalue weighted by atomic mass is 31.2. The van der Waals surface area contributed by atoms with E-state index < -0.39 is 63.8 Å². The van der Waals surface area contributed by atoms with Crippen molar-refractivity contribution >= 4 is 13.8 Å². The van der Waals surface area contributed by atoms with E-state index in [2.05, 4.69) is 4.52 Å². The van der Waals surface area contributed by atoms with Gasteiger partial charge in [-0.05, 0) is 0 Å². The molecule has 0 aromatic heterocycles. The molecule has 13 heteroatoms. The van der Waals surface area contributed by atoms with E-state index >= 15 is 0 Å². The molecule has 0 unspecified atom stereocenters. The third-order valence-electron chi connectivity index (χ3n) is 2.82. The average Bonchev–Trinajstić information content (AvgIpc) is 2.41. The molecule has 1 aliphatic heterocycles. The summed E-state index contributed by atoms with van der Waals surface area (Å²) in [6.07, 6.45) is -10.3. The molecule has 12 nitrogen and oxygen atoms in total. The molecule has 0 saturated carbocycles. The number of hydrogen-bond acceptors (Lipinski definition) is 9. The van der Waals surface area contributed by atoms with Crippen LogP contribution in [0.5, 0.6) is 0 Å². The van der Waals surface area contributed by atoms with Crippen LogP contribution in [0.25, 0.3) is 0 Å². The van der Waals surface area contributed by atoms with E-state index in [9.17, 15) is 24.7 Å². The quantitative estimate of drug-likeness (QED) is 0.223. The molecule has 22 heavy (non-hydrogen) atoms. The molecule has 1 heterocycles. The van der Waals surface area contributed by atoms with Crippen LogP contribution in [0.2, 0.25) is 0 Å². The van der Waals surface area contributed by atoms with Gasteiger partial charge in [-0.1, -0.05) is 0 Å². The van der Waals surface area contributed by atoms with E-state index in [1.165, 1.54) is 0 Å². The minimum Gasteiger partial charge on any atom is -0.479 e. The Labute approximate surface area is 123 Å². The zero-order valence-corrected chi connectivity index (χ0v) is 11.9. The van der Waals surface area contributed by atoms with Crippen LogP contribution in [0.4, 0.5) is 0 Å². The summed E-state index contributed by atoms with van der Waals surface area (Å²) in [7, 11) is -4.94. The summed E-state index contributed by atoms with van der Waals surface area (Å²) in [6.45, 7) is -1.81. The third-order valence-corrected chi connectivity index (χ3v) is 3.30. The molecule has 0 amide bonds. The minimum atomic E-state index is -4.94. The second-order valence-corrected chi connectivity index (χ2v) is 5.69. The van der Waals surface area contributed by atoms with Gasteiger partial charge in [0.25, 0.3) is 0 Å². The van der Waals surface area contributed by atoms with Crippen LogP contribution in [0, 0.1) is 0 Å². The van der Waals surface area contributed by atoms with E-state index in [0.29, 0.717) is 0 Å². The van der Waals surface area contributed by atoms with Gasteiger partial charge in [-0.15, -0.1) is 0 Å². The van der Waals surface area contributed by atoms with E-state index in [4.69, 9.17) is 29.5 Å². The zero-order chi connectivity index (χ0) is 17.1. The molecular weight excluding hydrogens is 331 g/mol. The maximum absolute atomic E-state index is 10.9. The summed E-state index contributed by atoms with van der Waals surface area (Å²) in [4.78, 5) is 28.0. The normalized spacial score (nSPS) is 34.4. The third kappa shape index (κ3) is 5.21. The predicted molar refractivity (Wildman–Crippen MR) is 64.3 cm³/mol. The summed E-state index contributed by atoms with van der Waals surface area (Å²) in [5.41, 5.74) is 0. The van der Waals surface area contributed by atoms with Crippen LogP contribution in [-0.4, -0.2) is 91.3 Å². The second-order valence-electron chi connectivity index (χ2n) is 4.45. The van der Waals surface area contributed by atoms with Gasteiger partial charge in [-0.25, -0.2) is 9.36 Å². The Morgan fingerprint density at radius 3 is 2.23 bits per heavy atom. The van der Waals surface area contributed by atoms with Gasteiger partial charge in [0.1, 0.15) is 24.4 Å². The van der Waals surface area contributed by atoms with E-state index in [1.54, 1.807) is 0 Å². The fourth-order valence-corrected chi connectivity index (χ4v) is 2.00. The number of phosphoric acid groups is 1. The molecule has 0 bridgehead atoms. The average molecular weight is 348 g/mol. The van der Waals surface area contributed by atoms with E-state index in [1.807, 2.05) is 0 Å². The Hall–Kier alpha value is -0.660. The first-order valence-corrected chi connectivity index (χ1v) is 7.48. The van der Waals surface area contributed by atoms with Gasteiger partial charge < -0.3 is 44.8 Å². The van der Waals surface area contributed by atoms with Gasteiger partial charge in [0.05, 0.1) is 13.2 Å². The van der Waals surface area contributed by atoms with Gasteiger partial charge in [0.15, 0.2) is 12.4 Å². The van der Waals surface area contributed by atoms with Crippen molar-refractivity contribution in [2.45, 2.75) is 36.8 Å². The van der Waals surface area contributed by atoms with Gasteiger partial charge in [0.2, 0.25) is 0 Å². The first kappa shape index (κ1) is 19.4. The van der Waals surface area contributed by atoms with Crippen LogP contribution in [0.1, 0.15) is 0 Å². The van der Waals surface area contributed by atoms with Crippen molar-refractivity contribution in [3.05, 3.63) is 0 Å². The standard InChI is InChI=1S/C9H17O12P/c10-1-3-5(11)6(12)7(13)9(20-3)21-4(8(14)15)2-19-22(16,17)18/h3-7,9-13H,1-2H2,(H,14,15)(H2,16,17,18)/t3-,4-,5-,6+,7+,9-/m1/s1. The molecule has 0 spiro atoms. The smallest absolute Gasteiger partial charge is 0.469 e. The van der Waals surface area contributed by atoms with Crippen molar-refractivity contribution in [1.82, 2.24) is 0 Å². The summed E-state index contributed by atoms with van der Waals surface area (Å²) in [5.74, 6) is -1.68. The van der Waals surface area contributed by atoms with Crippen LogP contribution < -0.4 is 0 Å². The van der Waals surface area contributed by atoms with Gasteiger partial charge in [0, 0.05) is 0 Å². The highest BCUT2D eigenvalue weighted by molar-refractivity contribution is 7.46. The summed E-state index contributed by atoms with van der Waals surface area (Å²) in [5, 5.41) is 46.5. The lowest BCUT2D eigenvalue weighted by molar-refractivity contribution is -0.311. The van der Waals surface area contributed by atoms with Gasteiger partial charge >= 0.3 is 13.8 Å². The van der Waals surface area contributed by atoms with Crippen molar-refractivity contribution in [3.8, 4) is 0 Å². The largest absolute Gasteiger partial charge is 0.479 e. The lowest BCUT2D eigenvalue weighted by Crippen LogP contribution is -2.60. The molecule has 0 aromatic carbocycles. The zero-order valence-electron chi connectivity index (χ0n) is 11.0. The Balaban J connectivity index is 2.75. The van der Waals surface area contributed by atoms with E-state index in [-0.39, 0.29) is 0 Å². The van der Waals surface area contributed by atoms with Crippen LogP contribution in [0.15, 0.2) is 0 Å². The van der Waals surface area contributed by atoms with E-state index in [0.717, 1.165) is 0 Å². The lowest BCUT2D eigenvalue weighted by atomic mass is 9.99. The van der Waals surface area contributed by atoms with Crippen molar-refractivity contribution < 1.29 is 58.7 Å². The maximum Gasteiger partial charge on any atom is 0.469 e. The fourth-order valence-electron chi connectivity index (χ4n) is 1.68. The number of hydrogen-bond donors (Lipinski definition) is 7. The monoisotopic (exact) mass is 348 g/mol. The number of carboxylic acids is 1. The number of carboxylic acid groups (broad SMARTS) is 1. The molecule has 0 radical (unpaired) electrons. The number of aliphatic hydroxyl groups excluding tert-OH is 4. The molecule has 1 aliphatic rings. The molecule has 0 aliphatic carbocycles. The van der Waals surface area contributed by atoms with Crippen molar-refractivity contribution in [3.63, 3.8) is 0 Å². The number of phosphoric ester groups is 1. The highest BCUT2D eigenvalue weighted by Gasteiger charge is 2.45. The fraction of sp³-hybridized carbons (Fsp3) is 0.889. The number of ether oxygens (including phenoxy) is 2. The molecule has 130 valence electrons. The van der Waals surface area contributed by atoms with Crippen molar-refractivity contribution in [2.75, 3.05) is 13.2 Å². The van der Waals surface area contributed by atoms with Crippen LogP contribution in [0.3, 0.4) is 0 Å². The maximum atomic E-state index is 10.9. The van der Waals surface area contributed by atoms with Gasteiger partial charge in [-0.3, -0.25) is 4.52 Å². The Bertz CT molecular complexity index is 421. The molecule has 6 atom stereocenters.